The first-order valence-electron chi connectivity index (χ1n) is 8.84. The molecule has 1 unspecified atom stereocenters. The molecule has 9 nitrogen and oxygen atoms in total. The minimum atomic E-state index is -3.53. The van der Waals surface area contributed by atoms with E-state index in [9.17, 15) is 23.1 Å². The van der Waals surface area contributed by atoms with Crippen molar-refractivity contribution < 1.29 is 27.9 Å². The van der Waals surface area contributed by atoms with Crippen molar-refractivity contribution >= 4 is 38.4 Å². The zero-order valence-corrected chi connectivity index (χ0v) is 17.3. The summed E-state index contributed by atoms with van der Waals surface area (Å²) in [6.45, 7) is 1.03. The average Bonchev–Trinajstić information content (AvgIpc) is 3.40. The van der Waals surface area contributed by atoms with Crippen LogP contribution in [0.15, 0.2) is 40.6 Å². The first kappa shape index (κ1) is 21.2. The summed E-state index contributed by atoms with van der Waals surface area (Å²) in [6.07, 6.45) is -0.358. The Morgan fingerprint density at radius 1 is 1.17 bits per heavy atom. The summed E-state index contributed by atoms with van der Waals surface area (Å²) in [5, 5.41) is 17.3. The Balaban J connectivity index is 1.71. The van der Waals surface area contributed by atoms with E-state index in [1.165, 1.54) is 46.0 Å². The van der Waals surface area contributed by atoms with Crippen molar-refractivity contribution in [3.05, 3.63) is 46.8 Å². The number of aliphatic hydroxyl groups is 1. The minimum Gasteiger partial charge on any atom is -0.453 e. The second kappa shape index (κ2) is 8.91. The zero-order valence-electron chi connectivity index (χ0n) is 15.6. The van der Waals surface area contributed by atoms with Gasteiger partial charge >= 0.3 is 6.09 Å². The van der Waals surface area contributed by atoms with E-state index in [0.717, 1.165) is 20.0 Å². The molecule has 0 bridgehead atoms. The molecule has 1 aliphatic rings. The third kappa shape index (κ3) is 4.75. The number of ether oxygens (including phenoxy) is 1. The first-order valence-corrected chi connectivity index (χ1v) is 11.2. The maximum Gasteiger partial charge on any atom is 0.413 e. The predicted molar refractivity (Wildman–Crippen MR) is 107 cm³/mol. The topological polar surface area (TPSA) is 125 Å². The molecule has 3 N–H and O–H groups in total. The molecule has 2 aromatic rings. The van der Waals surface area contributed by atoms with Gasteiger partial charge in [0.1, 0.15) is 5.00 Å². The Kier molecular flexibility index (Phi) is 6.52. The molecule has 1 aromatic carbocycles. The van der Waals surface area contributed by atoms with Crippen molar-refractivity contribution in [2.75, 3.05) is 25.5 Å². The third-order valence-corrected chi connectivity index (χ3v) is 7.24. The highest BCUT2D eigenvalue weighted by molar-refractivity contribution is 7.89. The van der Waals surface area contributed by atoms with E-state index < -0.39 is 28.3 Å². The van der Waals surface area contributed by atoms with Crippen LogP contribution < -0.4 is 10.6 Å². The van der Waals surface area contributed by atoms with Crippen LogP contribution in [0, 0.1) is 0 Å². The molecule has 29 heavy (non-hydrogen) atoms. The lowest BCUT2D eigenvalue weighted by Gasteiger charge is -2.17. The van der Waals surface area contributed by atoms with Gasteiger partial charge in [0.25, 0.3) is 5.91 Å². The molecule has 3 rings (SSSR count). The standard InChI is InChI=1S/C18H21N3O6S2/c1-27-18(24)20-16(23)14-8-11-28-17(14)19-15(22)12-4-6-13(7-5-12)29(25,26)21-9-2-3-10-21/h4-8,11,15,19,22H,2-3,9-10H2,1H3,(H,20,23,24). The molecule has 2 amide bonds. The van der Waals surface area contributed by atoms with E-state index >= 15 is 0 Å². The molecule has 0 radical (unpaired) electrons. The summed E-state index contributed by atoms with van der Waals surface area (Å²) in [6, 6.07) is 7.44. The van der Waals surface area contributed by atoms with E-state index in [1.54, 1.807) is 5.38 Å². The molecule has 1 aliphatic heterocycles. The highest BCUT2D eigenvalue weighted by Crippen LogP contribution is 2.28. The fraction of sp³-hybridized carbons (Fsp3) is 0.333. The summed E-state index contributed by atoms with van der Waals surface area (Å²) in [4.78, 5) is 23.5. The molecule has 1 atom stereocenters. The zero-order chi connectivity index (χ0) is 21.0. The van der Waals surface area contributed by atoms with Gasteiger partial charge in [0.15, 0.2) is 6.23 Å². The molecule has 0 spiro atoms. The lowest BCUT2D eigenvalue weighted by Crippen LogP contribution is -2.30. The number of methoxy groups -OCH3 is 1. The van der Waals surface area contributed by atoms with Gasteiger partial charge < -0.3 is 15.2 Å². The molecule has 1 saturated heterocycles. The van der Waals surface area contributed by atoms with Gasteiger partial charge in [-0.3, -0.25) is 10.1 Å². The van der Waals surface area contributed by atoms with Crippen LogP contribution in [0.4, 0.5) is 9.80 Å². The number of nitrogens with one attached hydrogen (secondary N) is 2. The van der Waals surface area contributed by atoms with Gasteiger partial charge in [-0.2, -0.15) is 4.31 Å². The normalized spacial score (nSPS) is 15.7. The van der Waals surface area contributed by atoms with Crippen LogP contribution in [-0.2, 0) is 14.8 Å². The Hall–Kier alpha value is -2.47. The molecule has 11 heteroatoms. The average molecular weight is 440 g/mol. The molecule has 2 heterocycles. The number of rotatable bonds is 6. The molecule has 0 saturated carbocycles. The van der Waals surface area contributed by atoms with E-state index in [1.807, 2.05) is 5.32 Å². The summed E-state index contributed by atoms with van der Waals surface area (Å²) in [7, 11) is -2.38. The highest BCUT2D eigenvalue weighted by Gasteiger charge is 2.27. The van der Waals surface area contributed by atoms with Crippen molar-refractivity contribution in [2.45, 2.75) is 24.0 Å². The lowest BCUT2D eigenvalue weighted by atomic mass is 10.2. The summed E-state index contributed by atoms with van der Waals surface area (Å²) in [5.41, 5.74) is 0.603. The van der Waals surface area contributed by atoms with Gasteiger partial charge in [-0.05, 0) is 36.4 Å². The molecular formula is C18H21N3O6S2. The number of aliphatic hydroxyl groups excluding tert-OH is 1. The number of thiophene rings is 1. The van der Waals surface area contributed by atoms with Crippen LogP contribution in [0.3, 0.4) is 0 Å². The fourth-order valence-electron chi connectivity index (χ4n) is 2.92. The second-order valence-corrected chi connectivity index (χ2v) is 9.19. The second-order valence-electron chi connectivity index (χ2n) is 6.34. The van der Waals surface area contributed by atoms with E-state index in [-0.39, 0.29) is 10.5 Å². The minimum absolute atomic E-state index is 0.171. The number of amides is 2. The number of imide groups is 1. The lowest BCUT2D eigenvalue weighted by molar-refractivity contribution is 0.0938. The maximum atomic E-state index is 12.6. The van der Waals surface area contributed by atoms with Crippen LogP contribution in [0.5, 0.6) is 0 Å². The number of carbonyl (C=O) groups excluding carboxylic acids is 2. The SMILES string of the molecule is COC(=O)NC(=O)c1ccsc1NC(O)c1ccc(S(=O)(=O)N2CCCC2)cc1. The van der Waals surface area contributed by atoms with Gasteiger partial charge in [0, 0.05) is 18.7 Å². The van der Waals surface area contributed by atoms with Gasteiger partial charge in [-0.1, -0.05) is 12.1 Å². The fourth-order valence-corrected chi connectivity index (χ4v) is 5.24. The van der Waals surface area contributed by atoms with Crippen molar-refractivity contribution in [2.24, 2.45) is 0 Å². The number of hydrogen-bond donors (Lipinski definition) is 3. The number of anilines is 1. The molecule has 1 aromatic heterocycles. The van der Waals surface area contributed by atoms with E-state index in [0.29, 0.717) is 23.7 Å². The molecule has 0 aliphatic carbocycles. The first-order chi connectivity index (χ1) is 13.8. The van der Waals surface area contributed by atoms with Crippen LogP contribution in [0.2, 0.25) is 0 Å². The number of benzene rings is 1. The summed E-state index contributed by atoms with van der Waals surface area (Å²) < 4.78 is 31.0. The number of nitrogens with zero attached hydrogens (tertiary/aromatic N) is 1. The van der Waals surface area contributed by atoms with Gasteiger partial charge in [-0.15, -0.1) is 11.3 Å². The van der Waals surface area contributed by atoms with Gasteiger partial charge in [-0.25, -0.2) is 13.2 Å². The highest BCUT2D eigenvalue weighted by atomic mass is 32.2. The van der Waals surface area contributed by atoms with Crippen molar-refractivity contribution in [1.29, 1.82) is 0 Å². The van der Waals surface area contributed by atoms with Crippen LogP contribution in [-0.4, -0.2) is 50.0 Å². The third-order valence-electron chi connectivity index (χ3n) is 4.48. The monoisotopic (exact) mass is 439 g/mol. The molecular weight excluding hydrogens is 418 g/mol. The molecule has 156 valence electrons. The van der Waals surface area contributed by atoms with E-state index in [2.05, 4.69) is 10.1 Å². The smallest absolute Gasteiger partial charge is 0.413 e. The number of hydrogen-bond acceptors (Lipinski definition) is 8. The van der Waals surface area contributed by atoms with E-state index in [4.69, 9.17) is 0 Å². The Labute approximate surface area is 172 Å². The maximum absolute atomic E-state index is 12.6. The quantitative estimate of drug-likeness (QED) is 0.589. The van der Waals surface area contributed by atoms with Crippen molar-refractivity contribution in [1.82, 2.24) is 9.62 Å². The van der Waals surface area contributed by atoms with Crippen molar-refractivity contribution in [3.8, 4) is 0 Å². The summed E-state index contributed by atoms with van der Waals surface area (Å²) >= 11 is 1.17. The Morgan fingerprint density at radius 3 is 2.45 bits per heavy atom. The largest absolute Gasteiger partial charge is 0.453 e. The number of sulfonamides is 1. The molecule has 1 fully saturated rings. The summed E-state index contributed by atoms with van der Waals surface area (Å²) in [5.74, 6) is -0.667. The Bertz CT molecular complexity index is 981. The van der Waals surface area contributed by atoms with Crippen LogP contribution in [0.1, 0.15) is 35.0 Å². The predicted octanol–water partition coefficient (Wildman–Crippen LogP) is 2.13. The van der Waals surface area contributed by atoms with Crippen LogP contribution >= 0.6 is 11.3 Å². The van der Waals surface area contributed by atoms with Crippen LogP contribution in [0.25, 0.3) is 0 Å². The Morgan fingerprint density at radius 2 is 1.83 bits per heavy atom. The number of carbonyl (C=O) groups is 2. The number of alkyl carbamates (subject to hydrolysis) is 1. The van der Waals surface area contributed by atoms with Crippen molar-refractivity contribution in [3.63, 3.8) is 0 Å². The van der Waals surface area contributed by atoms with Gasteiger partial charge in [0.2, 0.25) is 10.0 Å². The van der Waals surface area contributed by atoms with Gasteiger partial charge in [0.05, 0.1) is 17.6 Å².